The second-order valence-corrected chi connectivity index (χ2v) is 4.72. The first-order chi connectivity index (χ1) is 9.29. The van der Waals surface area contributed by atoms with Crippen LogP contribution >= 0.6 is 0 Å². The van der Waals surface area contributed by atoms with Gasteiger partial charge in [0.2, 0.25) is 0 Å². The first-order valence-corrected chi connectivity index (χ1v) is 6.65. The summed E-state index contributed by atoms with van der Waals surface area (Å²) < 4.78 is 10.2. The zero-order valence-electron chi connectivity index (χ0n) is 11.2. The number of carbonyl (C=O) groups is 1. The molecule has 0 saturated heterocycles. The number of ether oxygens (including phenoxy) is 2. The van der Waals surface area contributed by atoms with Gasteiger partial charge < -0.3 is 14.8 Å². The summed E-state index contributed by atoms with van der Waals surface area (Å²) >= 11 is 0. The van der Waals surface area contributed by atoms with Crippen molar-refractivity contribution in [2.75, 3.05) is 32.2 Å². The molecular weight excluding hydrogens is 244 g/mol. The van der Waals surface area contributed by atoms with Crippen molar-refractivity contribution in [1.29, 1.82) is 0 Å². The number of carbonyl (C=O) groups excluding carboxylic acids is 1. The molecule has 5 nitrogen and oxygen atoms in total. The van der Waals surface area contributed by atoms with E-state index < -0.39 is 5.97 Å². The number of nitrogens with zero attached hydrogens (tertiary/aromatic N) is 1. The normalized spacial score (nSPS) is 14.2. The highest BCUT2D eigenvalue weighted by atomic mass is 16.5. The Labute approximate surface area is 113 Å². The van der Waals surface area contributed by atoms with Crippen LogP contribution in [0.5, 0.6) is 0 Å². The fraction of sp³-hybridized carbons (Fsp3) is 0.571. The first kappa shape index (κ1) is 13.8. The lowest BCUT2D eigenvalue weighted by atomic mass is 10.3. The molecular formula is C14H20N2O3. The van der Waals surface area contributed by atoms with E-state index in [1.807, 2.05) is 6.07 Å². The predicted octanol–water partition coefficient (Wildman–Crippen LogP) is 2.10. The highest BCUT2D eigenvalue weighted by Gasteiger charge is 2.20. The molecule has 0 bridgehead atoms. The number of anilines is 1. The molecule has 1 aromatic rings. The van der Waals surface area contributed by atoms with Crippen LogP contribution in [0.15, 0.2) is 18.3 Å². The SMILES string of the molecule is COC(=O)c1cc(NCCCOCC2CC2)ccn1. The number of rotatable bonds is 8. The molecule has 1 aliphatic carbocycles. The van der Waals surface area contributed by atoms with Crippen molar-refractivity contribution < 1.29 is 14.3 Å². The van der Waals surface area contributed by atoms with Crippen LogP contribution in [0.1, 0.15) is 29.8 Å². The van der Waals surface area contributed by atoms with Crippen LogP contribution in [0.25, 0.3) is 0 Å². The number of methoxy groups -OCH3 is 1. The maximum absolute atomic E-state index is 11.3. The van der Waals surface area contributed by atoms with E-state index in [2.05, 4.69) is 15.0 Å². The number of aromatic nitrogens is 1. The fourth-order valence-corrected chi connectivity index (χ4v) is 1.70. The molecule has 2 rings (SSSR count). The van der Waals surface area contributed by atoms with E-state index in [9.17, 15) is 4.79 Å². The van der Waals surface area contributed by atoms with Crippen molar-refractivity contribution >= 4 is 11.7 Å². The zero-order chi connectivity index (χ0) is 13.5. The average molecular weight is 264 g/mol. The molecule has 0 aromatic carbocycles. The monoisotopic (exact) mass is 264 g/mol. The predicted molar refractivity (Wildman–Crippen MR) is 72.2 cm³/mol. The topological polar surface area (TPSA) is 60.5 Å². The van der Waals surface area contributed by atoms with Crippen molar-refractivity contribution in [3.05, 3.63) is 24.0 Å². The highest BCUT2D eigenvalue weighted by Crippen LogP contribution is 2.28. The van der Waals surface area contributed by atoms with E-state index in [0.29, 0.717) is 5.69 Å². The van der Waals surface area contributed by atoms with Gasteiger partial charge in [-0.25, -0.2) is 9.78 Å². The van der Waals surface area contributed by atoms with Gasteiger partial charge in [-0.1, -0.05) is 0 Å². The van der Waals surface area contributed by atoms with E-state index in [1.54, 1.807) is 12.3 Å². The fourth-order valence-electron chi connectivity index (χ4n) is 1.70. The summed E-state index contributed by atoms with van der Waals surface area (Å²) in [6.07, 6.45) is 5.19. The molecule has 0 unspecified atom stereocenters. The Morgan fingerprint density at radius 1 is 1.53 bits per heavy atom. The van der Waals surface area contributed by atoms with Gasteiger partial charge in [0, 0.05) is 31.6 Å². The van der Waals surface area contributed by atoms with Gasteiger partial charge in [0.05, 0.1) is 7.11 Å². The van der Waals surface area contributed by atoms with Crippen LogP contribution in [0.2, 0.25) is 0 Å². The number of hydrogen-bond acceptors (Lipinski definition) is 5. The van der Waals surface area contributed by atoms with E-state index in [0.717, 1.165) is 37.8 Å². The smallest absolute Gasteiger partial charge is 0.356 e. The molecule has 19 heavy (non-hydrogen) atoms. The Bertz CT molecular complexity index is 419. The molecule has 1 aliphatic rings. The minimum Gasteiger partial charge on any atom is -0.464 e. The van der Waals surface area contributed by atoms with E-state index in [-0.39, 0.29) is 0 Å². The molecule has 0 radical (unpaired) electrons. The Morgan fingerprint density at radius 2 is 2.37 bits per heavy atom. The van der Waals surface area contributed by atoms with Crippen molar-refractivity contribution in [2.45, 2.75) is 19.3 Å². The average Bonchev–Trinajstić information content (AvgIpc) is 3.26. The molecule has 1 aromatic heterocycles. The lowest BCUT2D eigenvalue weighted by Gasteiger charge is -2.07. The molecule has 1 N–H and O–H groups in total. The number of pyridine rings is 1. The lowest BCUT2D eigenvalue weighted by molar-refractivity contribution is 0.0594. The van der Waals surface area contributed by atoms with Gasteiger partial charge in [0.1, 0.15) is 5.69 Å². The minimum atomic E-state index is -0.420. The molecule has 0 atom stereocenters. The third-order valence-corrected chi connectivity index (χ3v) is 3.00. The quantitative estimate of drug-likeness (QED) is 0.575. The van der Waals surface area contributed by atoms with Crippen LogP contribution < -0.4 is 5.32 Å². The first-order valence-electron chi connectivity index (χ1n) is 6.65. The van der Waals surface area contributed by atoms with Crippen molar-refractivity contribution in [3.63, 3.8) is 0 Å². The largest absolute Gasteiger partial charge is 0.464 e. The molecule has 104 valence electrons. The van der Waals surface area contributed by atoms with Crippen molar-refractivity contribution in [2.24, 2.45) is 5.92 Å². The van der Waals surface area contributed by atoms with E-state index in [1.165, 1.54) is 20.0 Å². The standard InChI is InChI=1S/C14H20N2O3/c1-18-14(17)13-9-12(5-7-16-13)15-6-2-8-19-10-11-3-4-11/h5,7,9,11H,2-4,6,8,10H2,1H3,(H,15,16). The molecule has 1 heterocycles. The molecule has 1 saturated carbocycles. The maximum atomic E-state index is 11.3. The third-order valence-electron chi connectivity index (χ3n) is 3.00. The Morgan fingerprint density at radius 3 is 3.11 bits per heavy atom. The number of esters is 1. The summed E-state index contributed by atoms with van der Waals surface area (Å²) in [7, 11) is 1.35. The summed E-state index contributed by atoms with van der Waals surface area (Å²) in [5, 5.41) is 3.24. The second-order valence-electron chi connectivity index (χ2n) is 4.72. The van der Waals surface area contributed by atoms with Crippen LogP contribution in [-0.4, -0.2) is 37.8 Å². The third kappa shape index (κ3) is 4.87. The molecule has 0 spiro atoms. The summed E-state index contributed by atoms with van der Waals surface area (Å²) in [6.45, 7) is 2.50. The second kappa shape index (κ2) is 7.09. The van der Waals surface area contributed by atoms with Gasteiger partial charge in [0.25, 0.3) is 0 Å². The number of nitrogens with one attached hydrogen (secondary N) is 1. The summed E-state index contributed by atoms with van der Waals surface area (Å²) in [5.74, 6) is 0.396. The molecule has 5 heteroatoms. The van der Waals surface area contributed by atoms with Crippen LogP contribution in [0.3, 0.4) is 0 Å². The van der Waals surface area contributed by atoms with Crippen LogP contribution in [0.4, 0.5) is 5.69 Å². The van der Waals surface area contributed by atoms with E-state index >= 15 is 0 Å². The molecule has 0 aliphatic heterocycles. The van der Waals surface area contributed by atoms with Crippen molar-refractivity contribution in [3.8, 4) is 0 Å². The maximum Gasteiger partial charge on any atom is 0.356 e. The minimum absolute atomic E-state index is 0.317. The Balaban J connectivity index is 1.65. The Kier molecular flexibility index (Phi) is 5.15. The van der Waals surface area contributed by atoms with Gasteiger partial charge in [0.15, 0.2) is 0 Å². The van der Waals surface area contributed by atoms with Gasteiger partial charge in [-0.15, -0.1) is 0 Å². The molecule has 0 amide bonds. The van der Waals surface area contributed by atoms with Gasteiger partial charge in [-0.2, -0.15) is 0 Å². The van der Waals surface area contributed by atoms with Crippen LogP contribution in [-0.2, 0) is 9.47 Å². The highest BCUT2D eigenvalue weighted by molar-refractivity contribution is 5.88. The van der Waals surface area contributed by atoms with Crippen LogP contribution in [0, 0.1) is 5.92 Å². The lowest BCUT2D eigenvalue weighted by Crippen LogP contribution is -2.09. The van der Waals surface area contributed by atoms with Gasteiger partial charge in [-0.05, 0) is 37.3 Å². The summed E-state index contributed by atoms with van der Waals surface area (Å²) in [4.78, 5) is 15.3. The van der Waals surface area contributed by atoms with E-state index in [4.69, 9.17) is 4.74 Å². The summed E-state index contributed by atoms with van der Waals surface area (Å²) in [5.41, 5.74) is 1.19. The molecule has 1 fully saturated rings. The zero-order valence-corrected chi connectivity index (χ0v) is 11.2. The van der Waals surface area contributed by atoms with Crippen molar-refractivity contribution in [1.82, 2.24) is 4.98 Å². The summed E-state index contributed by atoms with van der Waals surface area (Å²) in [6, 6.07) is 3.52. The van der Waals surface area contributed by atoms with Gasteiger partial charge >= 0.3 is 5.97 Å². The van der Waals surface area contributed by atoms with Gasteiger partial charge in [-0.3, -0.25) is 0 Å². The number of hydrogen-bond donors (Lipinski definition) is 1. The Hall–Kier alpha value is -1.62.